The molecule has 136 valence electrons. The molecule has 1 aromatic heterocycles. The van der Waals surface area contributed by atoms with Crippen LogP contribution < -0.4 is 4.74 Å². The fourth-order valence-corrected chi connectivity index (χ4v) is 4.04. The number of aromatic nitrogens is 1. The topological polar surface area (TPSA) is 22.1 Å². The summed E-state index contributed by atoms with van der Waals surface area (Å²) in [6.07, 6.45) is -3.52. The van der Waals surface area contributed by atoms with Crippen molar-refractivity contribution in [2.24, 2.45) is 0 Å². The smallest absolute Gasteiger partial charge is 0.417 e. The van der Waals surface area contributed by atoms with Crippen molar-refractivity contribution in [2.75, 3.05) is 0 Å². The predicted molar refractivity (Wildman–Crippen MR) is 96.9 cm³/mol. The van der Waals surface area contributed by atoms with Crippen molar-refractivity contribution in [2.45, 2.75) is 27.6 Å². The first-order valence-corrected chi connectivity index (χ1v) is 8.87. The average molecular weight is 478 g/mol. The van der Waals surface area contributed by atoms with Crippen LogP contribution in [0.15, 0.2) is 42.6 Å². The highest BCUT2D eigenvalue weighted by molar-refractivity contribution is 9.09. The molecule has 0 aliphatic carbocycles. The van der Waals surface area contributed by atoms with Crippen molar-refractivity contribution in [3.63, 3.8) is 0 Å². The summed E-state index contributed by atoms with van der Waals surface area (Å²) >= 11 is 21.1. The van der Waals surface area contributed by atoms with Crippen LogP contribution in [0.1, 0.15) is 24.5 Å². The molecule has 0 saturated carbocycles. The molecule has 0 aliphatic heterocycles. The first kappa shape index (κ1) is 20.6. The molecule has 1 heterocycles. The van der Waals surface area contributed by atoms with E-state index in [4.69, 9.17) is 39.5 Å². The van der Waals surface area contributed by atoms with Gasteiger partial charge in [0.05, 0.1) is 9.89 Å². The number of hydrogen-bond donors (Lipinski definition) is 0. The lowest BCUT2D eigenvalue weighted by atomic mass is 9.98. The van der Waals surface area contributed by atoms with Crippen molar-refractivity contribution in [1.29, 1.82) is 0 Å². The molecule has 1 atom stereocenters. The summed E-state index contributed by atoms with van der Waals surface area (Å²) in [6.45, 7) is 1.84. The highest BCUT2D eigenvalue weighted by Gasteiger charge is 2.34. The lowest BCUT2D eigenvalue weighted by molar-refractivity contribution is -0.137. The predicted octanol–water partition coefficient (Wildman–Crippen LogP) is 7.26. The highest BCUT2D eigenvalue weighted by Crippen LogP contribution is 2.45. The van der Waals surface area contributed by atoms with E-state index in [0.717, 1.165) is 23.9 Å². The van der Waals surface area contributed by atoms with Gasteiger partial charge in [-0.05, 0) is 30.7 Å². The molecule has 0 fully saturated rings. The molecule has 2 aromatic rings. The first-order valence-electron chi connectivity index (χ1n) is 6.94. The monoisotopic (exact) mass is 475 g/mol. The molecule has 1 unspecified atom stereocenters. The number of rotatable bonds is 4. The van der Waals surface area contributed by atoms with Crippen LogP contribution in [0.5, 0.6) is 11.6 Å². The van der Waals surface area contributed by atoms with Crippen molar-refractivity contribution in [3.05, 3.63) is 53.7 Å². The van der Waals surface area contributed by atoms with Crippen LogP contribution in [0, 0.1) is 0 Å². The Kier molecular flexibility index (Phi) is 6.19. The summed E-state index contributed by atoms with van der Waals surface area (Å²) in [5, 5.41) is 0. The lowest BCUT2D eigenvalue weighted by Gasteiger charge is -2.27. The van der Waals surface area contributed by atoms with Crippen LogP contribution in [-0.2, 0) is 10.5 Å². The molecule has 9 heteroatoms. The Morgan fingerprint density at radius 3 is 2.28 bits per heavy atom. The number of pyridine rings is 1. The van der Waals surface area contributed by atoms with E-state index in [1.54, 1.807) is 18.2 Å². The van der Waals surface area contributed by atoms with Gasteiger partial charge in [-0.2, -0.15) is 13.2 Å². The molecule has 2 nitrogen and oxygen atoms in total. The Hall–Kier alpha value is -0.690. The van der Waals surface area contributed by atoms with Gasteiger partial charge in [0.15, 0.2) is 3.79 Å². The zero-order chi connectivity index (χ0) is 18.9. The molecule has 0 bridgehead atoms. The maximum atomic E-state index is 12.5. The van der Waals surface area contributed by atoms with E-state index in [1.807, 2.05) is 13.0 Å². The summed E-state index contributed by atoms with van der Waals surface area (Å²) in [5.74, 6) is 0.447. The van der Waals surface area contributed by atoms with E-state index in [1.165, 1.54) is 0 Å². The average Bonchev–Trinajstić information content (AvgIpc) is 2.45. The van der Waals surface area contributed by atoms with E-state index >= 15 is 0 Å². The van der Waals surface area contributed by atoms with Crippen molar-refractivity contribution < 1.29 is 17.9 Å². The summed E-state index contributed by atoms with van der Waals surface area (Å²) < 4.78 is 41.1. The summed E-state index contributed by atoms with van der Waals surface area (Å²) in [6, 6.07) is 8.96. The van der Waals surface area contributed by atoms with Gasteiger partial charge in [-0.1, -0.05) is 62.9 Å². The molecule has 0 aliphatic rings. The van der Waals surface area contributed by atoms with Crippen LogP contribution in [0.3, 0.4) is 0 Å². The van der Waals surface area contributed by atoms with Gasteiger partial charge in [0, 0.05) is 18.7 Å². The van der Waals surface area contributed by atoms with Gasteiger partial charge in [-0.3, -0.25) is 0 Å². The van der Waals surface area contributed by atoms with Crippen LogP contribution in [-0.4, -0.2) is 8.78 Å². The highest BCUT2D eigenvalue weighted by atomic mass is 79.9. The Labute approximate surface area is 166 Å². The Morgan fingerprint density at radius 2 is 1.76 bits per heavy atom. The Bertz CT molecular complexity index is 731. The number of hydrogen-bond acceptors (Lipinski definition) is 2. The third-order valence-electron chi connectivity index (χ3n) is 3.25. The maximum Gasteiger partial charge on any atom is 0.417 e. The standard InChI is InChI=1S/C16H12BrCl3F3NO/c1-14(17,9-15(18,19)20)10-3-2-4-12(7-10)25-13-6-5-11(8-24-13)16(21,22)23/h2-8H,9H2,1H3. The molecule has 0 N–H and O–H groups in total. The van der Waals surface area contributed by atoms with Crippen molar-refractivity contribution >= 4 is 50.7 Å². The van der Waals surface area contributed by atoms with E-state index in [9.17, 15) is 13.2 Å². The molecule has 0 amide bonds. The van der Waals surface area contributed by atoms with E-state index in [0.29, 0.717) is 5.75 Å². The lowest BCUT2D eigenvalue weighted by Crippen LogP contribution is -2.21. The van der Waals surface area contributed by atoms with Gasteiger partial charge >= 0.3 is 6.18 Å². The zero-order valence-corrected chi connectivity index (χ0v) is 16.6. The second-order valence-corrected chi connectivity index (χ2v) is 9.77. The third kappa shape index (κ3) is 6.20. The van der Waals surface area contributed by atoms with E-state index in [2.05, 4.69) is 20.9 Å². The molecule has 0 saturated heterocycles. The Balaban J connectivity index is 2.19. The minimum Gasteiger partial charge on any atom is -0.439 e. The van der Waals surface area contributed by atoms with Crippen molar-refractivity contribution in [3.8, 4) is 11.6 Å². The molecular formula is C16H12BrCl3F3NO. The van der Waals surface area contributed by atoms with Crippen LogP contribution in [0.2, 0.25) is 0 Å². The van der Waals surface area contributed by atoms with Gasteiger partial charge in [0.1, 0.15) is 5.75 Å². The van der Waals surface area contributed by atoms with Gasteiger partial charge in [-0.25, -0.2) is 4.98 Å². The second-order valence-electron chi connectivity index (χ2n) is 5.50. The minimum atomic E-state index is -4.44. The van der Waals surface area contributed by atoms with Gasteiger partial charge < -0.3 is 4.74 Å². The SMILES string of the molecule is CC(Br)(CC(Cl)(Cl)Cl)c1cccc(Oc2ccc(C(F)(F)F)cn2)c1. The maximum absolute atomic E-state index is 12.5. The fourth-order valence-electron chi connectivity index (χ4n) is 2.09. The van der Waals surface area contributed by atoms with Crippen molar-refractivity contribution in [1.82, 2.24) is 4.98 Å². The van der Waals surface area contributed by atoms with E-state index in [-0.39, 0.29) is 12.3 Å². The van der Waals surface area contributed by atoms with E-state index < -0.39 is 19.9 Å². The van der Waals surface area contributed by atoms with Crippen LogP contribution >= 0.6 is 50.7 Å². The molecule has 0 spiro atoms. The molecule has 1 aromatic carbocycles. The fraction of sp³-hybridized carbons (Fsp3) is 0.312. The van der Waals surface area contributed by atoms with Crippen LogP contribution in [0.4, 0.5) is 13.2 Å². The van der Waals surface area contributed by atoms with Gasteiger partial charge in [0.25, 0.3) is 0 Å². The Morgan fingerprint density at radius 1 is 1.08 bits per heavy atom. The number of nitrogens with zero attached hydrogens (tertiary/aromatic N) is 1. The number of halogens is 7. The van der Waals surface area contributed by atoms with Crippen LogP contribution in [0.25, 0.3) is 0 Å². The van der Waals surface area contributed by atoms with Gasteiger partial charge in [0.2, 0.25) is 5.88 Å². The largest absolute Gasteiger partial charge is 0.439 e. The molecular weight excluding hydrogens is 465 g/mol. The normalized spacial score (nSPS) is 14.9. The molecule has 2 rings (SSSR count). The summed E-state index contributed by atoms with van der Waals surface area (Å²) in [7, 11) is 0. The molecule has 0 radical (unpaired) electrons. The first-order chi connectivity index (χ1) is 11.4. The minimum absolute atomic E-state index is 0.0443. The zero-order valence-electron chi connectivity index (χ0n) is 12.7. The summed E-state index contributed by atoms with van der Waals surface area (Å²) in [5.41, 5.74) is -0.0625. The van der Waals surface area contributed by atoms with Gasteiger partial charge in [-0.15, -0.1) is 0 Å². The second kappa shape index (κ2) is 7.51. The summed E-state index contributed by atoms with van der Waals surface area (Å²) in [4.78, 5) is 3.67. The quantitative estimate of drug-likeness (QED) is 0.432. The molecule has 25 heavy (non-hydrogen) atoms. The number of benzene rings is 1. The number of alkyl halides is 7. The third-order valence-corrected chi connectivity index (χ3v) is 4.39. The number of ether oxygens (including phenoxy) is 1.